The molecule has 64 valence electrons. The average Bonchev–Trinajstić information content (AvgIpc) is 2.01. The lowest BCUT2D eigenvalue weighted by molar-refractivity contribution is 0.585. The number of hydrogen-bond donors (Lipinski definition) is 1. The normalized spacial score (nSPS) is 9.50. The molecule has 0 bridgehead atoms. The zero-order chi connectivity index (χ0) is 8.97. The molecule has 1 heterocycles. The molecule has 1 aromatic heterocycles. The maximum absolute atomic E-state index is 12.5. The standard InChI is InChI=1S/C8H8ClFN2/c1-6(9)5-11-8-4-2-3-7(10)12-8/h2-4H,1,5H2,(H,11,12). The van der Waals surface area contributed by atoms with Crippen LogP contribution >= 0.6 is 11.6 Å². The average molecular weight is 187 g/mol. The molecule has 0 fully saturated rings. The number of nitrogens with one attached hydrogen (secondary N) is 1. The van der Waals surface area contributed by atoms with Crippen LogP contribution in [0.5, 0.6) is 0 Å². The van der Waals surface area contributed by atoms with Crippen LogP contribution in [0, 0.1) is 5.95 Å². The second kappa shape index (κ2) is 4.07. The first kappa shape index (κ1) is 9.00. The van der Waals surface area contributed by atoms with E-state index in [1.165, 1.54) is 6.07 Å². The Morgan fingerprint density at radius 1 is 1.67 bits per heavy atom. The van der Waals surface area contributed by atoms with Gasteiger partial charge in [0.1, 0.15) is 5.82 Å². The lowest BCUT2D eigenvalue weighted by atomic mass is 10.4. The van der Waals surface area contributed by atoms with Crippen molar-refractivity contribution in [3.05, 3.63) is 35.8 Å². The number of aromatic nitrogens is 1. The topological polar surface area (TPSA) is 24.9 Å². The van der Waals surface area contributed by atoms with E-state index in [9.17, 15) is 4.39 Å². The van der Waals surface area contributed by atoms with Crippen LogP contribution in [0.2, 0.25) is 0 Å². The smallest absolute Gasteiger partial charge is 0.214 e. The molecule has 0 atom stereocenters. The van der Waals surface area contributed by atoms with Crippen LogP contribution in [0.3, 0.4) is 0 Å². The summed E-state index contributed by atoms with van der Waals surface area (Å²) in [7, 11) is 0. The maximum atomic E-state index is 12.5. The molecule has 1 rings (SSSR count). The first-order valence-electron chi connectivity index (χ1n) is 3.38. The molecule has 0 aromatic carbocycles. The summed E-state index contributed by atoms with van der Waals surface area (Å²) in [5.74, 6) is -0.0583. The summed E-state index contributed by atoms with van der Waals surface area (Å²) >= 11 is 5.49. The van der Waals surface area contributed by atoms with Gasteiger partial charge in [-0.1, -0.05) is 24.2 Å². The maximum Gasteiger partial charge on any atom is 0.214 e. The Balaban J connectivity index is 2.57. The van der Waals surface area contributed by atoms with Crippen molar-refractivity contribution in [2.75, 3.05) is 11.9 Å². The van der Waals surface area contributed by atoms with Crippen LogP contribution in [0.1, 0.15) is 0 Å². The van der Waals surface area contributed by atoms with Crippen molar-refractivity contribution in [2.45, 2.75) is 0 Å². The summed E-state index contributed by atoms with van der Waals surface area (Å²) in [4.78, 5) is 3.57. The molecule has 0 aliphatic rings. The fourth-order valence-electron chi connectivity index (χ4n) is 0.693. The van der Waals surface area contributed by atoms with Gasteiger partial charge in [0.25, 0.3) is 0 Å². The zero-order valence-corrected chi connectivity index (χ0v) is 7.11. The monoisotopic (exact) mass is 186 g/mol. The van der Waals surface area contributed by atoms with Gasteiger partial charge in [0, 0.05) is 5.03 Å². The minimum Gasteiger partial charge on any atom is -0.365 e. The zero-order valence-electron chi connectivity index (χ0n) is 6.35. The van der Waals surface area contributed by atoms with Gasteiger partial charge in [-0.25, -0.2) is 4.98 Å². The number of hydrogen-bond acceptors (Lipinski definition) is 2. The van der Waals surface area contributed by atoms with Gasteiger partial charge >= 0.3 is 0 Å². The summed E-state index contributed by atoms with van der Waals surface area (Å²) in [5, 5.41) is 3.26. The highest BCUT2D eigenvalue weighted by Crippen LogP contribution is 2.05. The Morgan fingerprint density at radius 3 is 3.00 bits per heavy atom. The van der Waals surface area contributed by atoms with Crippen molar-refractivity contribution < 1.29 is 4.39 Å². The van der Waals surface area contributed by atoms with Gasteiger partial charge in [-0.05, 0) is 12.1 Å². The second-order valence-corrected chi connectivity index (χ2v) is 2.75. The first-order valence-corrected chi connectivity index (χ1v) is 3.76. The molecule has 0 aliphatic heterocycles. The lowest BCUT2D eigenvalue weighted by Crippen LogP contribution is -2.03. The predicted octanol–water partition coefficient (Wildman–Crippen LogP) is 2.39. The molecule has 2 nitrogen and oxygen atoms in total. The number of nitrogens with zero attached hydrogens (tertiary/aromatic N) is 1. The summed E-state index contributed by atoms with van der Waals surface area (Å²) in [6, 6.07) is 4.51. The second-order valence-electron chi connectivity index (χ2n) is 2.22. The van der Waals surface area contributed by atoms with Gasteiger partial charge in [0.05, 0.1) is 6.54 Å². The van der Waals surface area contributed by atoms with E-state index in [1.54, 1.807) is 12.1 Å². The van der Waals surface area contributed by atoms with Gasteiger partial charge in [-0.3, -0.25) is 0 Å². The predicted molar refractivity (Wildman–Crippen MR) is 47.7 cm³/mol. The van der Waals surface area contributed by atoms with Crippen molar-refractivity contribution in [2.24, 2.45) is 0 Å². The molecule has 1 N–H and O–H groups in total. The Hall–Kier alpha value is -1.09. The summed E-state index contributed by atoms with van der Waals surface area (Å²) in [5.41, 5.74) is 0. The third kappa shape index (κ3) is 2.88. The minimum atomic E-state index is -0.514. The van der Waals surface area contributed by atoms with Gasteiger partial charge in [-0.2, -0.15) is 4.39 Å². The van der Waals surface area contributed by atoms with Crippen LogP contribution in [0.4, 0.5) is 10.2 Å². The van der Waals surface area contributed by atoms with E-state index in [4.69, 9.17) is 11.6 Å². The highest BCUT2D eigenvalue weighted by atomic mass is 35.5. The largest absolute Gasteiger partial charge is 0.365 e. The Kier molecular flexibility index (Phi) is 3.05. The highest BCUT2D eigenvalue weighted by molar-refractivity contribution is 6.29. The van der Waals surface area contributed by atoms with E-state index in [2.05, 4.69) is 16.9 Å². The van der Waals surface area contributed by atoms with Crippen molar-refractivity contribution in [3.63, 3.8) is 0 Å². The minimum absolute atomic E-state index is 0.387. The fraction of sp³-hybridized carbons (Fsp3) is 0.125. The first-order chi connectivity index (χ1) is 5.68. The van der Waals surface area contributed by atoms with Crippen LogP contribution in [-0.2, 0) is 0 Å². The molecule has 0 radical (unpaired) electrons. The van der Waals surface area contributed by atoms with E-state index >= 15 is 0 Å². The van der Waals surface area contributed by atoms with Crippen LogP contribution < -0.4 is 5.32 Å². The van der Waals surface area contributed by atoms with E-state index in [0.29, 0.717) is 17.4 Å². The van der Waals surface area contributed by atoms with Gasteiger partial charge < -0.3 is 5.32 Å². The van der Waals surface area contributed by atoms with E-state index in [-0.39, 0.29) is 0 Å². The third-order valence-corrected chi connectivity index (χ3v) is 1.31. The third-order valence-electron chi connectivity index (χ3n) is 1.18. The fourth-order valence-corrected chi connectivity index (χ4v) is 0.760. The van der Waals surface area contributed by atoms with Crippen LogP contribution in [0.15, 0.2) is 29.8 Å². The quantitative estimate of drug-likeness (QED) is 0.734. The molecule has 0 saturated heterocycles. The Bertz CT molecular complexity index is 288. The molecule has 0 aliphatic carbocycles. The molecule has 12 heavy (non-hydrogen) atoms. The van der Waals surface area contributed by atoms with Crippen LogP contribution in [-0.4, -0.2) is 11.5 Å². The molecule has 0 unspecified atom stereocenters. The summed E-state index contributed by atoms with van der Waals surface area (Å²) < 4.78 is 12.5. The lowest BCUT2D eigenvalue weighted by Gasteiger charge is -2.02. The Morgan fingerprint density at radius 2 is 2.42 bits per heavy atom. The number of pyridine rings is 1. The van der Waals surface area contributed by atoms with Gasteiger partial charge in [0.2, 0.25) is 5.95 Å². The van der Waals surface area contributed by atoms with Crippen LogP contribution in [0.25, 0.3) is 0 Å². The van der Waals surface area contributed by atoms with Gasteiger partial charge in [0.15, 0.2) is 0 Å². The summed E-state index contributed by atoms with van der Waals surface area (Å²) in [6.07, 6.45) is 0. The van der Waals surface area contributed by atoms with E-state index in [1.807, 2.05) is 0 Å². The molecular formula is C8H8ClFN2. The molecule has 1 aromatic rings. The van der Waals surface area contributed by atoms with Crippen molar-refractivity contribution in [3.8, 4) is 0 Å². The van der Waals surface area contributed by atoms with Gasteiger partial charge in [-0.15, -0.1) is 0 Å². The molecule has 4 heteroatoms. The molecule has 0 spiro atoms. The summed E-state index contributed by atoms with van der Waals surface area (Å²) in [6.45, 7) is 3.86. The van der Waals surface area contributed by atoms with E-state index < -0.39 is 5.95 Å². The molecular weight excluding hydrogens is 179 g/mol. The molecule has 0 saturated carbocycles. The van der Waals surface area contributed by atoms with E-state index in [0.717, 1.165) is 0 Å². The number of anilines is 1. The SMILES string of the molecule is C=C(Cl)CNc1cccc(F)n1. The van der Waals surface area contributed by atoms with Crippen molar-refractivity contribution in [1.82, 2.24) is 4.98 Å². The number of halogens is 2. The molecule has 0 amide bonds. The van der Waals surface area contributed by atoms with Crippen molar-refractivity contribution >= 4 is 17.4 Å². The van der Waals surface area contributed by atoms with Crippen molar-refractivity contribution in [1.29, 1.82) is 0 Å². The highest BCUT2D eigenvalue weighted by Gasteiger charge is 1.95. The number of rotatable bonds is 3. The Labute approximate surface area is 75.1 Å².